The minimum absolute atomic E-state index is 0.164. The molecule has 0 aromatic carbocycles. The molecule has 2 unspecified atom stereocenters. The predicted octanol–water partition coefficient (Wildman–Crippen LogP) is 0.952. The topological polar surface area (TPSA) is 46.2 Å². The molecule has 4 heteroatoms. The second-order valence-electron chi connectivity index (χ2n) is 3.94. The summed E-state index contributed by atoms with van der Waals surface area (Å²) in [5, 5.41) is 3.06. The van der Waals surface area contributed by atoms with Crippen molar-refractivity contribution in [2.75, 3.05) is 12.8 Å². The summed E-state index contributed by atoms with van der Waals surface area (Å²) in [6, 6.07) is 0.164. The third-order valence-corrected chi connectivity index (χ3v) is 4.52. The molecule has 0 radical (unpaired) electrons. The first-order valence-electron chi connectivity index (χ1n) is 4.94. The quantitative estimate of drug-likeness (QED) is 0.730. The predicted molar refractivity (Wildman–Crippen MR) is 54.6 cm³/mol. The van der Waals surface area contributed by atoms with Crippen molar-refractivity contribution in [1.82, 2.24) is 5.32 Å². The van der Waals surface area contributed by atoms with Gasteiger partial charge in [0, 0.05) is 12.3 Å². The van der Waals surface area contributed by atoms with E-state index in [4.69, 9.17) is 0 Å². The summed E-state index contributed by atoms with van der Waals surface area (Å²) in [7, 11) is -2.88. The molecule has 0 aliphatic carbocycles. The van der Waals surface area contributed by atoms with Crippen molar-refractivity contribution in [2.24, 2.45) is 0 Å². The molecule has 0 spiro atoms. The lowest BCUT2D eigenvalue weighted by molar-refractivity contribution is 0.483. The minimum Gasteiger partial charge on any atom is -0.313 e. The van der Waals surface area contributed by atoms with Gasteiger partial charge in [-0.2, -0.15) is 0 Å². The van der Waals surface area contributed by atoms with Crippen LogP contribution >= 0.6 is 0 Å². The van der Waals surface area contributed by atoms with Crippen LogP contribution < -0.4 is 5.32 Å². The summed E-state index contributed by atoms with van der Waals surface area (Å²) >= 11 is 0. The molecule has 2 atom stereocenters. The van der Waals surface area contributed by atoms with Gasteiger partial charge in [0.1, 0.15) is 0 Å². The Morgan fingerprint density at radius 3 is 2.62 bits per heavy atom. The van der Waals surface area contributed by atoms with Gasteiger partial charge in [-0.05, 0) is 26.3 Å². The van der Waals surface area contributed by atoms with E-state index >= 15 is 0 Å². The van der Waals surface area contributed by atoms with Crippen LogP contribution in [-0.2, 0) is 9.84 Å². The van der Waals surface area contributed by atoms with E-state index in [0.717, 1.165) is 19.4 Å². The van der Waals surface area contributed by atoms with E-state index in [-0.39, 0.29) is 11.3 Å². The van der Waals surface area contributed by atoms with E-state index < -0.39 is 9.84 Å². The highest BCUT2D eigenvalue weighted by atomic mass is 32.2. The smallest absolute Gasteiger partial charge is 0.151 e. The first-order valence-corrected chi connectivity index (χ1v) is 6.89. The third kappa shape index (κ3) is 3.27. The van der Waals surface area contributed by atoms with Crippen LogP contribution in [0.15, 0.2) is 0 Å². The molecular weight excluding hydrogens is 186 g/mol. The van der Waals surface area contributed by atoms with E-state index in [1.807, 2.05) is 0 Å². The lowest BCUT2D eigenvalue weighted by Gasteiger charge is -2.21. The Hall–Kier alpha value is -0.0900. The molecule has 3 nitrogen and oxygen atoms in total. The largest absolute Gasteiger partial charge is 0.313 e. The fourth-order valence-corrected chi connectivity index (χ4v) is 2.58. The molecule has 1 fully saturated rings. The van der Waals surface area contributed by atoms with Crippen LogP contribution in [-0.4, -0.2) is 32.5 Å². The molecule has 1 aliphatic heterocycles. The van der Waals surface area contributed by atoms with Crippen LogP contribution in [0.4, 0.5) is 0 Å². The summed E-state index contributed by atoms with van der Waals surface area (Å²) in [6.07, 6.45) is 5.86. The normalized spacial score (nSPS) is 28.0. The van der Waals surface area contributed by atoms with Gasteiger partial charge in [-0.25, -0.2) is 8.42 Å². The maximum absolute atomic E-state index is 11.3. The van der Waals surface area contributed by atoms with Crippen LogP contribution in [0.25, 0.3) is 0 Å². The van der Waals surface area contributed by atoms with Gasteiger partial charge in [-0.15, -0.1) is 0 Å². The average Bonchev–Trinajstić information content (AvgIpc) is 2.28. The highest BCUT2D eigenvalue weighted by Crippen LogP contribution is 2.15. The van der Waals surface area contributed by atoms with Crippen molar-refractivity contribution in [3.8, 4) is 0 Å². The van der Waals surface area contributed by atoms with Gasteiger partial charge in [0.2, 0.25) is 0 Å². The van der Waals surface area contributed by atoms with Crippen molar-refractivity contribution in [1.29, 1.82) is 0 Å². The van der Waals surface area contributed by atoms with Gasteiger partial charge >= 0.3 is 0 Å². The Labute approximate surface area is 80.8 Å². The number of hydrogen-bond acceptors (Lipinski definition) is 3. The lowest BCUT2D eigenvalue weighted by Crippen LogP contribution is -2.41. The highest BCUT2D eigenvalue weighted by Gasteiger charge is 2.25. The molecule has 1 heterocycles. The van der Waals surface area contributed by atoms with Crippen LogP contribution in [0, 0.1) is 0 Å². The van der Waals surface area contributed by atoms with Gasteiger partial charge in [0.05, 0.1) is 5.25 Å². The summed E-state index contributed by atoms with van der Waals surface area (Å²) in [6.45, 7) is 2.77. The van der Waals surface area contributed by atoms with Crippen molar-refractivity contribution in [2.45, 2.75) is 43.9 Å². The monoisotopic (exact) mass is 205 g/mol. The number of hydrogen-bond donors (Lipinski definition) is 1. The maximum Gasteiger partial charge on any atom is 0.151 e. The second-order valence-corrected chi connectivity index (χ2v) is 6.35. The molecule has 13 heavy (non-hydrogen) atoms. The standard InChI is InChI=1S/C9H19NO2S/c1-8(13(2,11)12)9-6-4-3-5-7-10-9/h8-10H,3-7H2,1-2H3. The van der Waals surface area contributed by atoms with Gasteiger partial charge in [-0.3, -0.25) is 0 Å². The van der Waals surface area contributed by atoms with E-state index in [0.29, 0.717) is 0 Å². The molecule has 0 bridgehead atoms. The maximum atomic E-state index is 11.3. The zero-order chi connectivity index (χ0) is 9.90. The van der Waals surface area contributed by atoms with E-state index in [9.17, 15) is 8.42 Å². The van der Waals surface area contributed by atoms with Crippen LogP contribution in [0.2, 0.25) is 0 Å². The highest BCUT2D eigenvalue weighted by molar-refractivity contribution is 7.91. The summed E-state index contributed by atoms with van der Waals surface area (Å²) in [4.78, 5) is 0. The van der Waals surface area contributed by atoms with E-state index in [1.165, 1.54) is 19.1 Å². The van der Waals surface area contributed by atoms with E-state index in [1.54, 1.807) is 6.92 Å². The number of rotatable bonds is 2. The molecule has 1 saturated heterocycles. The van der Waals surface area contributed by atoms with Crippen molar-refractivity contribution in [3.05, 3.63) is 0 Å². The van der Waals surface area contributed by atoms with Crippen molar-refractivity contribution < 1.29 is 8.42 Å². The Kier molecular flexibility index (Phi) is 3.74. The first-order chi connectivity index (χ1) is 6.02. The molecule has 0 aromatic rings. The minimum atomic E-state index is -2.88. The van der Waals surface area contributed by atoms with Gasteiger partial charge in [-0.1, -0.05) is 12.8 Å². The van der Waals surface area contributed by atoms with Gasteiger partial charge in [0.15, 0.2) is 9.84 Å². The van der Waals surface area contributed by atoms with Gasteiger partial charge in [0.25, 0.3) is 0 Å². The molecule has 1 N–H and O–H groups in total. The summed E-state index contributed by atoms with van der Waals surface area (Å²) in [5.74, 6) is 0. The Balaban J connectivity index is 2.59. The molecule has 0 saturated carbocycles. The van der Waals surface area contributed by atoms with E-state index in [2.05, 4.69) is 5.32 Å². The first kappa shape index (κ1) is 11.0. The molecular formula is C9H19NO2S. The van der Waals surface area contributed by atoms with Crippen LogP contribution in [0.3, 0.4) is 0 Å². The van der Waals surface area contributed by atoms with Crippen molar-refractivity contribution >= 4 is 9.84 Å². The SMILES string of the molecule is CC(C1CCCCCN1)S(C)(=O)=O. The zero-order valence-electron chi connectivity index (χ0n) is 8.41. The molecule has 1 aliphatic rings. The Morgan fingerprint density at radius 2 is 2.00 bits per heavy atom. The van der Waals surface area contributed by atoms with Crippen molar-refractivity contribution in [3.63, 3.8) is 0 Å². The molecule has 0 aromatic heterocycles. The number of sulfone groups is 1. The Morgan fingerprint density at radius 1 is 1.31 bits per heavy atom. The fourth-order valence-electron chi connectivity index (χ4n) is 1.75. The lowest BCUT2D eigenvalue weighted by atomic mass is 10.1. The fraction of sp³-hybridized carbons (Fsp3) is 1.00. The Bertz CT molecular complexity index is 240. The third-order valence-electron chi connectivity index (χ3n) is 2.84. The van der Waals surface area contributed by atoms with Gasteiger partial charge < -0.3 is 5.32 Å². The summed E-state index contributed by atoms with van der Waals surface area (Å²) < 4.78 is 22.6. The summed E-state index contributed by atoms with van der Waals surface area (Å²) in [5.41, 5.74) is 0. The average molecular weight is 205 g/mol. The molecule has 0 amide bonds. The van der Waals surface area contributed by atoms with Crippen LogP contribution in [0.5, 0.6) is 0 Å². The number of nitrogens with one attached hydrogen (secondary N) is 1. The zero-order valence-corrected chi connectivity index (χ0v) is 9.23. The second kappa shape index (κ2) is 4.42. The van der Waals surface area contributed by atoms with Crippen LogP contribution in [0.1, 0.15) is 32.6 Å². The molecule has 1 rings (SSSR count). The molecule has 78 valence electrons.